The lowest BCUT2D eigenvalue weighted by Crippen LogP contribution is -2.57. The van der Waals surface area contributed by atoms with Crippen molar-refractivity contribution in [2.45, 2.75) is 43.1 Å². The molecule has 3 saturated heterocycles. The van der Waals surface area contributed by atoms with Gasteiger partial charge in [-0.1, -0.05) is 61.6 Å². The lowest BCUT2D eigenvalue weighted by molar-refractivity contribution is -0.163. The summed E-state index contributed by atoms with van der Waals surface area (Å²) >= 11 is 0. The van der Waals surface area contributed by atoms with Gasteiger partial charge in [-0.2, -0.15) is 0 Å². The molecule has 10 heteroatoms. The van der Waals surface area contributed by atoms with Crippen molar-refractivity contribution in [3.63, 3.8) is 0 Å². The molecule has 41 heavy (non-hydrogen) atoms. The molecule has 2 amide bonds. The third-order valence-electron chi connectivity index (χ3n) is 9.41. The van der Waals surface area contributed by atoms with E-state index >= 15 is 0 Å². The third kappa shape index (κ3) is 4.61. The topological polar surface area (TPSA) is 109 Å². The summed E-state index contributed by atoms with van der Waals surface area (Å²) in [5, 5.41) is 10.7. The zero-order valence-corrected chi connectivity index (χ0v) is 23.5. The molecule has 5 aliphatic heterocycles. The van der Waals surface area contributed by atoms with Crippen molar-refractivity contribution >= 4 is 17.8 Å². The van der Waals surface area contributed by atoms with Crippen LogP contribution in [0.2, 0.25) is 0 Å². The molecule has 0 aliphatic carbocycles. The maximum absolute atomic E-state index is 14.6. The SMILES string of the molecule is CC[C@]12C=CCCOC(=O)[C@H]1[C@H]1C(=O)N([C@H](CO)c3ccccc3)C3C(=O)N(CCN4CCOCC4)CC=C[C@@]31O2. The van der Waals surface area contributed by atoms with Crippen LogP contribution in [0.3, 0.4) is 0 Å². The number of nitrogens with zero attached hydrogens (tertiary/aromatic N) is 3. The Bertz CT molecular complexity index is 1220. The molecule has 0 saturated carbocycles. The number of hydrogen-bond donors (Lipinski definition) is 1. The van der Waals surface area contributed by atoms with Gasteiger partial charge in [-0.3, -0.25) is 19.3 Å². The minimum absolute atomic E-state index is 0.222. The molecule has 10 nitrogen and oxygen atoms in total. The van der Waals surface area contributed by atoms with Gasteiger partial charge in [0, 0.05) is 32.7 Å². The second-order valence-electron chi connectivity index (χ2n) is 11.5. The van der Waals surface area contributed by atoms with Crippen LogP contribution in [0.15, 0.2) is 54.6 Å². The lowest BCUT2D eigenvalue weighted by atomic mass is 9.73. The third-order valence-corrected chi connectivity index (χ3v) is 9.41. The van der Waals surface area contributed by atoms with E-state index in [4.69, 9.17) is 14.2 Å². The van der Waals surface area contributed by atoms with Crippen molar-refractivity contribution in [3.8, 4) is 0 Å². The zero-order valence-electron chi connectivity index (χ0n) is 23.5. The summed E-state index contributed by atoms with van der Waals surface area (Å²) < 4.78 is 18.1. The standard InChI is InChI=1S/C31H39N3O7/c1-2-30-11-6-7-18-40-29(38)25(30)24-27(36)34(23(21-35)22-9-4-3-5-10-22)26-28(37)33(13-8-12-31(24,26)41-30)15-14-32-16-19-39-20-17-32/h3-6,8-12,23-26,35H,2,7,13-21H2,1H3/t23-,24+,25-,26?,30+,31+/m1/s1. The molecule has 1 unspecified atom stereocenters. The molecule has 0 bridgehead atoms. The van der Waals surface area contributed by atoms with Crippen LogP contribution >= 0.6 is 0 Å². The quantitative estimate of drug-likeness (QED) is 0.390. The second kappa shape index (κ2) is 11.3. The number of esters is 1. The minimum atomic E-state index is -1.39. The van der Waals surface area contributed by atoms with E-state index in [1.807, 2.05) is 61.6 Å². The molecule has 0 radical (unpaired) electrons. The number of hydrogen-bond acceptors (Lipinski definition) is 8. The molecule has 1 spiro atoms. The van der Waals surface area contributed by atoms with Crippen molar-refractivity contribution in [2.24, 2.45) is 11.8 Å². The molecule has 0 aromatic heterocycles. The Balaban J connectivity index is 1.44. The number of rotatable bonds is 7. The number of likely N-dealkylation sites (tertiary alicyclic amines) is 1. The molecule has 5 heterocycles. The lowest BCUT2D eigenvalue weighted by Gasteiger charge is -2.41. The van der Waals surface area contributed by atoms with Crippen LogP contribution in [-0.4, -0.2) is 114 Å². The van der Waals surface area contributed by atoms with Gasteiger partial charge in [0.25, 0.3) is 0 Å². The molecule has 3 fully saturated rings. The number of amides is 2. The Hall–Kier alpha value is -3.05. The van der Waals surface area contributed by atoms with Gasteiger partial charge in [-0.05, 0) is 18.4 Å². The number of carbonyl (C=O) groups is 3. The van der Waals surface area contributed by atoms with E-state index in [-0.39, 0.29) is 25.0 Å². The maximum Gasteiger partial charge on any atom is 0.313 e. The van der Waals surface area contributed by atoms with Crippen LogP contribution in [0.25, 0.3) is 0 Å². The molecule has 1 aromatic carbocycles. The first kappa shape index (κ1) is 28.1. The highest BCUT2D eigenvalue weighted by molar-refractivity contribution is 5.99. The van der Waals surface area contributed by atoms with Gasteiger partial charge in [0.2, 0.25) is 11.8 Å². The van der Waals surface area contributed by atoms with Crippen molar-refractivity contribution in [3.05, 3.63) is 60.2 Å². The van der Waals surface area contributed by atoms with Gasteiger partial charge >= 0.3 is 5.97 Å². The van der Waals surface area contributed by atoms with Gasteiger partial charge in [-0.15, -0.1) is 0 Å². The first-order valence-corrected chi connectivity index (χ1v) is 14.7. The molecular formula is C31H39N3O7. The fourth-order valence-electron chi connectivity index (χ4n) is 7.37. The fraction of sp³-hybridized carbons (Fsp3) is 0.581. The van der Waals surface area contributed by atoms with Gasteiger partial charge in [0.05, 0.1) is 38.4 Å². The summed E-state index contributed by atoms with van der Waals surface area (Å²) in [6.45, 7) is 6.22. The van der Waals surface area contributed by atoms with Crippen molar-refractivity contribution in [2.75, 3.05) is 59.2 Å². The maximum atomic E-state index is 14.6. The Morgan fingerprint density at radius 1 is 0.976 bits per heavy atom. The van der Waals surface area contributed by atoms with Crippen LogP contribution in [0.4, 0.5) is 0 Å². The van der Waals surface area contributed by atoms with Crippen LogP contribution in [0, 0.1) is 11.8 Å². The molecule has 6 rings (SSSR count). The molecule has 5 aliphatic rings. The summed E-state index contributed by atoms with van der Waals surface area (Å²) in [5.41, 5.74) is -1.77. The minimum Gasteiger partial charge on any atom is -0.465 e. The highest BCUT2D eigenvalue weighted by Gasteiger charge is 2.76. The number of morpholine rings is 1. The highest BCUT2D eigenvalue weighted by Crippen LogP contribution is 2.59. The molecule has 220 valence electrons. The largest absolute Gasteiger partial charge is 0.465 e. The van der Waals surface area contributed by atoms with E-state index in [9.17, 15) is 19.5 Å². The first-order valence-electron chi connectivity index (χ1n) is 14.7. The van der Waals surface area contributed by atoms with Gasteiger partial charge in [0.15, 0.2) is 0 Å². The number of benzene rings is 1. The van der Waals surface area contributed by atoms with E-state index < -0.39 is 41.1 Å². The molecular weight excluding hydrogens is 526 g/mol. The number of ether oxygens (including phenoxy) is 3. The molecule has 1 N–H and O–H groups in total. The van der Waals surface area contributed by atoms with E-state index in [0.717, 1.165) is 13.1 Å². The normalized spacial score (nSPS) is 34.4. The highest BCUT2D eigenvalue weighted by atomic mass is 16.6. The molecule has 6 atom stereocenters. The van der Waals surface area contributed by atoms with Crippen LogP contribution < -0.4 is 0 Å². The van der Waals surface area contributed by atoms with Gasteiger partial charge < -0.3 is 29.1 Å². The summed E-state index contributed by atoms with van der Waals surface area (Å²) in [6, 6.07) is 7.38. The van der Waals surface area contributed by atoms with Crippen molar-refractivity contribution in [1.29, 1.82) is 0 Å². The van der Waals surface area contributed by atoms with Crippen LogP contribution in [-0.2, 0) is 28.6 Å². The number of carbonyl (C=O) groups excluding carboxylic acids is 3. The monoisotopic (exact) mass is 565 g/mol. The molecule has 1 aromatic rings. The Labute approximate surface area is 240 Å². The van der Waals surface area contributed by atoms with Gasteiger partial charge in [0.1, 0.15) is 23.2 Å². The second-order valence-corrected chi connectivity index (χ2v) is 11.5. The summed E-state index contributed by atoms with van der Waals surface area (Å²) in [6.07, 6.45) is 8.57. The van der Waals surface area contributed by atoms with E-state index in [0.29, 0.717) is 51.3 Å². The smallest absolute Gasteiger partial charge is 0.313 e. The summed E-state index contributed by atoms with van der Waals surface area (Å²) in [4.78, 5) is 48.4. The average Bonchev–Trinajstić information content (AvgIpc) is 3.34. The average molecular weight is 566 g/mol. The Morgan fingerprint density at radius 2 is 1.76 bits per heavy atom. The van der Waals surface area contributed by atoms with Gasteiger partial charge in [-0.25, -0.2) is 0 Å². The van der Waals surface area contributed by atoms with Crippen molar-refractivity contribution < 1.29 is 33.7 Å². The number of aliphatic hydroxyl groups is 1. The zero-order chi connectivity index (χ0) is 28.6. The number of aliphatic hydroxyl groups excluding tert-OH is 1. The first-order chi connectivity index (χ1) is 20.0. The van der Waals surface area contributed by atoms with E-state index in [1.165, 1.54) is 4.90 Å². The van der Waals surface area contributed by atoms with E-state index in [2.05, 4.69) is 4.90 Å². The van der Waals surface area contributed by atoms with E-state index in [1.54, 1.807) is 4.90 Å². The predicted octanol–water partition coefficient (Wildman–Crippen LogP) is 1.31. The van der Waals surface area contributed by atoms with Crippen molar-refractivity contribution in [1.82, 2.24) is 14.7 Å². The predicted molar refractivity (Wildman–Crippen MR) is 148 cm³/mol. The number of cyclic esters (lactones) is 1. The summed E-state index contributed by atoms with van der Waals surface area (Å²) in [5.74, 6) is -3.00. The Morgan fingerprint density at radius 3 is 2.49 bits per heavy atom. The van der Waals surface area contributed by atoms with Crippen LogP contribution in [0.1, 0.15) is 31.4 Å². The fourth-order valence-corrected chi connectivity index (χ4v) is 7.37. The number of fused-ring (bicyclic) bond motifs is 2. The van der Waals surface area contributed by atoms with Crippen LogP contribution in [0.5, 0.6) is 0 Å². The summed E-state index contributed by atoms with van der Waals surface area (Å²) in [7, 11) is 0. The Kier molecular flexibility index (Phi) is 7.76.